The van der Waals surface area contributed by atoms with E-state index in [4.69, 9.17) is 0 Å². The standard InChI is InChI=1S/C18H14FNO4S2/c1-11-9-13(19)7-8-16(11)26(23,24)20-14-10-15(25-17(14)18(21)22)12-5-3-2-4-6-12/h2-10,20H,1H3,(H,21,22). The monoisotopic (exact) mass is 391 g/mol. The molecule has 0 spiro atoms. The van der Waals surface area contributed by atoms with E-state index in [0.29, 0.717) is 4.88 Å². The van der Waals surface area contributed by atoms with Crippen LogP contribution in [0.2, 0.25) is 0 Å². The van der Waals surface area contributed by atoms with E-state index in [0.717, 1.165) is 35.1 Å². The van der Waals surface area contributed by atoms with Crippen molar-refractivity contribution < 1.29 is 22.7 Å². The molecule has 0 saturated carbocycles. The highest BCUT2D eigenvalue weighted by Crippen LogP contribution is 2.36. The average molecular weight is 391 g/mol. The fraction of sp³-hybridized carbons (Fsp3) is 0.0556. The summed E-state index contributed by atoms with van der Waals surface area (Å²) in [6, 6.07) is 13.8. The zero-order valence-electron chi connectivity index (χ0n) is 13.6. The number of anilines is 1. The van der Waals surface area contributed by atoms with Crippen LogP contribution >= 0.6 is 11.3 Å². The quantitative estimate of drug-likeness (QED) is 0.677. The van der Waals surface area contributed by atoms with Gasteiger partial charge in [-0.05, 0) is 42.3 Å². The van der Waals surface area contributed by atoms with E-state index >= 15 is 0 Å². The number of aryl methyl sites for hydroxylation is 1. The fourth-order valence-corrected chi connectivity index (χ4v) is 4.80. The SMILES string of the molecule is Cc1cc(F)ccc1S(=O)(=O)Nc1cc(-c2ccccc2)sc1C(=O)O. The summed E-state index contributed by atoms with van der Waals surface area (Å²) in [7, 11) is -4.06. The van der Waals surface area contributed by atoms with Gasteiger partial charge in [0.15, 0.2) is 0 Å². The molecule has 0 aliphatic heterocycles. The van der Waals surface area contributed by atoms with Gasteiger partial charge in [-0.3, -0.25) is 4.72 Å². The van der Waals surface area contributed by atoms with E-state index in [-0.39, 0.29) is 21.0 Å². The molecule has 0 bridgehead atoms. The second-order valence-electron chi connectivity index (χ2n) is 5.54. The van der Waals surface area contributed by atoms with Crippen LogP contribution in [0.25, 0.3) is 10.4 Å². The molecule has 0 saturated heterocycles. The van der Waals surface area contributed by atoms with Crippen LogP contribution in [-0.4, -0.2) is 19.5 Å². The summed E-state index contributed by atoms with van der Waals surface area (Å²) in [5.74, 6) is -1.78. The first-order chi connectivity index (χ1) is 12.3. The van der Waals surface area contributed by atoms with E-state index in [1.54, 1.807) is 24.3 Å². The zero-order chi connectivity index (χ0) is 18.9. The van der Waals surface area contributed by atoms with Gasteiger partial charge in [0.25, 0.3) is 10.0 Å². The first-order valence-corrected chi connectivity index (χ1v) is 9.79. The Hall–Kier alpha value is -2.71. The maximum Gasteiger partial charge on any atom is 0.348 e. The third-order valence-corrected chi connectivity index (χ3v) is 6.35. The van der Waals surface area contributed by atoms with Crippen LogP contribution in [0.3, 0.4) is 0 Å². The molecule has 0 unspecified atom stereocenters. The van der Waals surface area contributed by atoms with Gasteiger partial charge in [-0.25, -0.2) is 17.6 Å². The van der Waals surface area contributed by atoms with E-state index in [2.05, 4.69) is 4.72 Å². The van der Waals surface area contributed by atoms with Gasteiger partial charge in [0, 0.05) is 4.88 Å². The number of rotatable bonds is 5. The average Bonchev–Trinajstić information content (AvgIpc) is 2.98. The van der Waals surface area contributed by atoms with E-state index in [9.17, 15) is 22.7 Å². The second-order valence-corrected chi connectivity index (χ2v) is 8.24. The topological polar surface area (TPSA) is 83.5 Å². The third kappa shape index (κ3) is 3.61. The third-order valence-electron chi connectivity index (χ3n) is 3.66. The van der Waals surface area contributed by atoms with Gasteiger partial charge in [-0.2, -0.15) is 0 Å². The number of carboxylic acids is 1. The van der Waals surface area contributed by atoms with Crippen molar-refractivity contribution in [1.82, 2.24) is 0 Å². The Morgan fingerprint density at radius 1 is 1.12 bits per heavy atom. The zero-order valence-corrected chi connectivity index (χ0v) is 15.2. The van der Waals surface area contributed by atoms with Crippen molar-refractivity contribution in [1.29, 1.82) is 0 Å². The molecule has 0 fully saturated rings. The van der Waals surface area contributed by atoms with Crippen molar-refractivity contribution >= 4 is 33.0 Å². The van der Waals surface area contributed by atoms with Gasteiger partial charge >= 0.3 is 5.97 Å². The van der Waals surface area contributed by atoms with Crippen molar-refractivity contribution in [2.24, 2.45) is 0 Å². The first-order valence-electron chi connectivity index (χ1n) is 7.49. The number of hydrogen-bond donors (Lipinski definition) is 2. The van der Waals surface area contributed by atoms with Crippen LogP contribution < -0.4 is 4.72 Å². The molecule has 26 heavy (non-hydrogen) atoms. The smallest absolute Gasteiger partial charge is 0.348 e. The Bertz CT molecular complexity index is 1080. The van der Waals surface area contributed by atoms with E-state index < -0.39 is 21.8 Å². The predicted molar refractivity (Wildman–Crippen MR) is 98.7 cm³/mol. The minimum absolute atomic E-state index is 0.0231. The molecular formula is C18H14FNO4S2. The Morgan fingerprint density at radius 2 is 1.81 bits per heavy atom. The van der Waals surface area contributed by atoms with Gasteiger partial charge in [0.05, 0.1) is 10.6 Å². The molecule has 1 heterocycles. The molecule has 1 aromatic heterocycles. The van der Waals surface area contributed by atoms with Gasteiger partial charge in [-0.15, -0.1) is 11.3 Å². The minimum Gasteiger partial charge on any atom is -0.477 e. The van der Waals surface area contributed by atoms with Gasteiger partial charge in [0.2, 0.25) is 0 Å². The number of thiophene rings is 1. The molecular weight excluding hydrogens is 377 g/mol. The summed E-state index contributed by atoms with van der Waals surface area (Å²) in [4.78, 5) is 11.9. The van der Waals surface area contributed by atoms with Crippen molar-refractivity contribution in [3.05, 3.63) is 70.9 Å². The van der Waals surface area contributed by atoms with E-state index in [1.165, 1.54) is 13.0 Å². The van der Waals surface area contributed by atoms with Crippen LogP contribution in [-0.2, 0) is 10.0 Å². The molecule has 0 aliphatic carbocycles. The highest BCUT2D eigenvalue weighted by atomic mass is 32.2. The molecule has 3 rings (SSSR count). The molecule has 8 heteroatoms. The Kier molecular flexibility index (Phi) is 4.80. The van der Waals surface area contributed by atoms with Gasteiger partial charge in [-0.1, -0.05) is 30.3 Å². The maximum absolute atomic E-state index is 13.2. The molecule has 2 aromatic carbocycles. The predicted octanol–water partition coefficient (Wildman–Crippen LogP) is 4.36. The molecule has 5 nitrogen and oxygen atoms in total. The number of benzene rings is 2. The van der Waals surface area contributed by atoms with Gasteiger partial charge in [0.1, 0.15) is 10.7 Å². The lowest BCUT2D eigenvalue weighted by molar-refractivity contribution is 0.0703. The summed E-state index contributed by atoms with van der Waals surface area (Å²) in [5, 5.41) is 9.41. The van der Waals surface area contributed by atoms with Gasteiger partial charge < -0.3 is 5.11 Å². The molecule has 3 aromatic rings. The molecule has 2 N–H and O–H groups in total. The largest absolute Gasteiger partial charge is 0.477 e. The van der Waals surface area contributed by atoms with Crippen LogP contribution in [0.15, 0.2) is 59.5 Å². The lowest BCUT2D eigenvalue weighted by Gasteiger charge is -2.10. The second kappa shape index (κ2) is 6.89. The number of carboxylic acid groups (broad SMARTS) is 1. The normalized spacial score (nSPS) is 11.3. The molecule has 0 aliphatic rings. The highest BCUT2D eigenvalue weighted by molar-refractivity contribution is 7.92. The fourth-order valence-electron chi connectivity index (χ4n) is 2.48. The maximum atomic E-state index is 13.2. The summed E-state index contributed by atoms with van der Waals surface area (Å²) in [5.41, 5.74) is 0.987. The summed E-state index contributed by atoms with van der Waals surface area (Å²) in [6.45, 7) is 1.47. The Balaban J connectivity index is 2.03. The first kappa shape index (κ1) is 18.1. The number of aromatic carboxylic acids is 1. The number of nitrogens with one attached hydrogen (secondary N) is 1. The van der Waals surface area contributed by atoms with Crippen molar-refractivity contribution in [3.8, 4) is 10.4 Å². The molecule has 0 amide bonds. The van der Waals surface area contributed by atoms with E-state index in [1.807, 2.05) is 6.07 Å². The lowest BCUT2D eigenvalue weighted by Crippen LogP contribution is -2.15. The molecule has 134 valence electrons. The molecule has 0 atom stereocenters. The lowest BCUT2D eigenvalue weighted by atomic mass is 10.2. The Labute approximate surface area is 153 Å². The van der Waals surface area contributed by atoms with Crippen LogP contribution in [0.1, 0.15) is 15.2 Å². The highest BCUT2D eigenvalue weighted by Gasteiger charge is 2.23. The van der Waals surface area contributed by atoms with Crippen molar-refractivity contribution in [2.75, 3.05) is 4.72 Å². The summed E-state index contributed by atoms with van der Waals surface area (Å²) in [6.07, 6.45) is 0. The van der Waals surface area contributed by atoms with Crippen molar-refractivity contribution in [3.63, 3.8) is 0 Å². The number of halogens is 1. The van der Waals surface area contributed by atoms with Crippen LogP contribution in [0.5, 0.6) is 0 Å². The molecule has 0 radical (unpaired) electrons. The summed E-state index contributed by atoms with van der Waals surface area (Å²) >= 11 is 0.977. The van der Waals surface area contributed by atoms with Crippen LogP contribution in [0.4, 0.5) is 10.1 Å². The number of sulfonamides is 1. The summed E-state index contributed by atoms with van der Waals surface area (Å²) < 4.78 is 40.8. The Morgan fingerprint density at radius 3 is 2.42 bits per heavy atom. The minimum atomic E-state index is -4.06. The van der Waals surface area contributed by atoms with Crippen molar-refractivity contribution in [2.45, 2.75) is 11.8 Å². The number of carbonyl (C=O) groups is 1. The number of hydrogen-bond acceptors (Lipinski definition) is 4. The van der Waals surface area contributed by atoms with Crippen LogP contribution in [0, 0.1) is 12.7 Å².